The molecular weight excluding hydrogens is 1160 g/mol. The number of rotatable bonds is 30. The Bertz CT molecular complexity index is 3790. The lowest BCUT2D eigenvalue weighted by Crippen LogP contribution is -2.46. The van der Waals surface area contributed by atoms with E-state index in [-0.39, 0.29) is 0 Å². The Hall–Kier alpha value is -8.50. The molecule has 0 saturated heterocycles. The molecule has 0 amide bonds. The van der Waals surface area contributed by atoms with Gasteiger partial charge in [-0.1, -0.05) is 200 Å². The highest BCUT2D eigenvalue weighted by molar-refractivity contribution is 6.31. The second kappa shape index (κ2) is 32.3. The predicted octanol–water partition coefficient (Wildman–Crippen LogP) is 23.2. The Labute approximate surface area is 571 Å². The summed E-state index contributed by atoms with van der Waals surface area (Å²) < 4.78 is 0. The van der Waals surface area contributed by atoms with Gasteiger partial charge in [0.15, 0.2) is 0 Å². The lowest BCUT2D eigenvalue weighted by atomic mass is 9.85. The fourth-order valence-corrected chi connectivity index (χ4v) is 15.8. The van der Waals surface area contributed by atoms with E-state index in [9.17, 15) is 0 Å². The van der Waals surface area contributed by atoms with Gasteiger partial charge in [0.05, 0.1) is 62.6 Å². The first-order valence-electron chi connectivity index (χ1n) is 36.7. The molecule has 2 N–H and O–H groups in total. The SMILES string of the molecule is CCCCN(CCCC)c1c(N(CCC)CCC)c(N(CC)CC)c(N(C)C)c2c(N(c3c(NC)ccc4ccccc34)N(c3ccccc3C)c3ccccc3C)c(N(c3ccccc3)c3ccccc3)c(Nc3ccccc3)c(N(C3CCCCC3)C3CCCCC3)c12. The number of benzene rings is 9. The summed E-state index contributed by atoms with van der Waals surface area (Å²) in [7, 11) is 6.86. The van der Waals surface area contributed by atoms with E-state index in [1.54, 1.807) is 0 Å². The van der Waals surface area contributed by atoms with Gasteiger partial charge in [0.1, 0.15) is 5.69 Å². The normalized spacial score (nSPS) is 13.6. The van der Waals surface area contributed by atoms with Crippen LogP contribution in [-0.2, 0) is 0 Å². The second-order valence-electron chi connectivity index (χ2n) is 26.9. The van der Waals surface area contributed by atoms with Crippen molar-refractivity contribution in [2.75, 3.05) is 110 Å². The van der Waals surface area contributed by atoms with Crippen molar-refractivity contribution in [3.8, 4) is 0 Å². The zero-order chi connectivity index (χ0) is 66.4. The van der Waals surface area contributed by atoms with Crippen LogP contribution < -0.4 is 50.1 Å². The smallest absolute Gasteiger partial charge is 0.100 e. The standard InChI is InChI=1S/C85H110N10/c1-12-18-61-91(62-19-13-2)81-75-76(80(88(10)11)84(89(16-5)17-6)85(81)90(59-14-3)60-15-4)82(95(78-71-54-38-37-43-65(71)57-58-72(78)86-9)94(73-55-39-35-41-63(73)7)74-56-40-36-42-64(74)8)83(93(69-50-31-23-32-51-69)70-52-33-24-34-53-70)77(87-66-44-25-20-26-45-66)79(75)92(67-46-27-21-28-47-67)68-48-29-22-30-49-68/h20,23-26,31-45,50-58,67-68,86-87H,12-19,21-22,27-30,46-49,59-62H2,1-11H3. The number of hydrogen-bond donors (Lipinski definition) is 2. The van der Waals surface area contributed by atoms with Gasteiger partial charge in [0.2, 0.25) is 0 Å². The van der Waals surface area contributed by atoms with Crippen molar-refractivity contribution in [1.82, 2.24) is 0 Å². The van der Waals surface area contributed by atoms with E-state index in [2.05, 4.69) is 303 Å². The van der Waals surface area contributed by atoms with Crippen molar-refractivity contribution in [2.45, 2.75) is 170 Å². The Morgan fingerprint density at radius 1 is 0.400 bits per heavy atom. The van der Waals surface area contributed by atoms with E-state index in [4.69, 9.17) is 0 Å². The maximum absolute atomic E-state index is 4.63. The topological polar surface area (TPSA) is 50.0 Å². The molecule has 0 bridgehead atoms. The second-order valence-corrected chi connectivity index (χ2v) is 26.9. The first-order chi connectivity index (χ1) is 46.6. The maximum atomic E-state index is 4.63. The van der Waals surface area contributed by atoms with E-state index in [1.165, 1.54) is 88.9 Å². The Morgan fingerprint density at radius 2 is 0.874 bits per heavy atom. The van der Waals surface area contributed by atoms with Gasteiger partial charge in [-0.3, -0.25) is 0 Å². The molecular formula is C85H110N10. The minimum Gasteiger partial charge on any atom is -0.386 e. The summed E-state index contributed by atoms with van der Waals surface area (Å²) in [4.78, 5) is 16.9. The molecule has 9 aromatic carbocycles. The van der Waals surface area contributed by atoms with E-state index in [0.29, 0.717) is 12.1 Å². The Morgan fingerprint density at radius 3 is 1.37 bits per heavy atom. The summed E-state index contributed by atoms with van der Waals surface area (Å²) >= 11 is 0. The van der Waals surface area contributed by atoms with Crippen molar-refractivity contribution >= 4 is 107 Å². The molecule has 10 nitrogen and oxygen atoms in total. The third-order valence-electron chi connectivity index (χ3n) is 20.2. The molecule has 2 aliphatic carbocycles. The monoisotopic (exact) mass is 1270 g/mol. The van der Waals surface area contributed by atoms with Gasteiger partial charge >= 0.3 is 0 Å². The van der Waals surface area contributed by atoms with Crippen LogP contribution in [0.2, 0.25) is 0 Å². The number of anilines is 15. The van der Waals surface area contributed by atoms with Crippen LogP contribution in [0.1, 0.15) is 155 Å². The molecule has 2 saturated carbocycles. The van der Waals surface area contributed by atoms with Gasteiger partial charge in [-0.25, -0.2) is 10.0 Å². The van der Waals surface area contributed by atoms with Crippen LogP contribution in [0.5, 0.6) is 0 Å². The summed E-state index contributed by atoms with van der Waals surface area (Å²) in [5.41, 5.74) is 19.7. The van der Waals surface area contributed by atoms with Gasteiger partial charge in [0.25, 0.3) is 0 Å². The number of nitrogens with one attached hydrogen (secondary N) is 2. The van der Waals surface area contributed by atoms with Crippen LogP contribution in [0, 0.1) is 13.8 Å². The fourth-order valence-electron chi connectivity index (χ4n) is 15.8. The lowest BCUT2D eigenvalue weighted by molar-refractivity contribution is 0.341. The largest absolute Gasteiger partial charge is 0.386 e. The van der Waals surface area contributed by atoms with E-state index in [1.807, 2.05) is 0 Å². The molecule has 0 aliphatic heterocycles. The van der Waals surface area contributed by atoms with Crippen LogP contribution >= 0.6 is 0 Å². The molecule has 0 heterocycles. The lowest BCUT2D eigenvalue weighted by Gasteiger charge is -2.49. The Kier molecular flexibility index (Phi) is 23.1. The molecule has 11 rings (SSSR count). The van der Waals surface area contributed by atoms with Crippen molar-refractivity contribution < 1.29 is 0 Å². The molecule has 0 spiro atoms. The van der Waals surface area contributed by atoms with Crippen LogP contribution in [0.25, 0.3) is 21.5 Å². The predicted molar refractivity (Wildman–Crippen MR) is 417 cm³/mol. The van der Waals surface area contributed by atoms with E-state index in [0.717, 1.165) is 171 Å². The number of para-hydroxylation sites is 5. The summed E-state index contributed by atoms with van der Waals surface area (Å²) in [5.74, 6) is 0. The molecule has 0 unspecified atom stereocenters. The first-order valence-corrected chi connectivity index (χ1v) is 36.7. The Balaban J connectivity index is 1.61. The zero-order valence-electron chi connectivity index (χ0n) is 59.5. The molecule has 95 heavy (non-hydrogen) atoms. The molecule has 0 aromatic heterocycles. The maximum Gasteiger partial charge on any atom is 0.100 e. The van der Waals surface area contributed by atoms with Crippen molar-refractivity contribution in [3.63, 3.8) is 0 Å². The van der Waals surface area contributed by atoms with Gasteiger partial charge < -0.3 is 40.0 Å². The molecule has 9 aromatic rings. The highest BCUT2D eigenvalue weighted by Crippen LogP contribution is 2.66. The number of unbranched alkanes of at least 4 members (excludes halogenated alkanes) is 2. The summed E-state index contributed by atoms with van der Waals surface area (Å²) in [6, 6.07) is 66.6. The average molecular weight is 1270 g/mol. The number of hydrazine groups is 1. The third-order valence-corrected chi connectivity index (χ3v) is 20.2. The van der Waals surface area contributed by atoms with Crippen molar-refractivity contribution in [3.05, 3.63) is 187 Å². The van der Waals surface area contributed by atoms with Gasteiger partial charge in [-0.05, 0) is 150 Å². The quantitative estimate of drug-likeness (QED) is 0.0426. The number of nitrogens with zero attached hydrogens (tertiary/aromatic N) is 8. The summed E-state index contributed by atoms with van der Waals surface area (Å²) in [5, 5.41) is 18.8. The summed E-state index contributed by atoms with van der Waals surface area (Å²) in [6.45, 7) is 24.4. The number of fused-ring (bicyclic) bond motifs is 2. The minimum absolute atomic E-state index is 0.302. The van der Waals surface area contributed by atoms with E-state index >= 15 is 0 Å². The van der Waals surface area contributed by atoms with Crippen LogP contribution in [0.3, 0.4) is 0 Å². The van der Waals surface area contributed by atoms with Crippen LogP contribution in [-0.4, -0.2) is 72.5 Å². The average Bonchev–Trinajstić information content (AvgIpc) is 0.686. The number of aryl methyl sites for hydroxylation is 2. The van der Waals surface area contributed by atoms with Crippen LogP contribution in [0.15, 0.2) is 176 Å². The third kappa shape index (κ3) is 14.1. The molecule has 500 valence electrons. The van der Waals surface area contributed by atoms with Gasteiger partial charge in [-0.2, -0.15) is 0 Å². The minimum atomic E-state index is 0.302. The van der Waals surface area contributed by atoms with Gasteiger partial charge in [-0.15, -0.1) is 0 Å². The van der Waals surface area contributed by atoms with Crippen LogP contribution in [0.4, 0.5) is 85.3 Å². The highest BCUT2D eigenvalue weighted by atomic mass is 15.6. The molecule has 0 atom stereocenters. The van der Waals surface area contributed by atoms with E-state index < -0.39 is 0 Å². The molecule has 2 aliphatic rings. The summed E-state index contributed by atoms with van der Waals surface area (Å²) in [6.07, 6.45) is 18.4. The number of hydrogen-bond acceptors (Lipinski definition) is 10. The van der Waals surface area contributed by atoms with Crippen molar-refractivity contribution in [2.24, 2.45) is 0 Å². The zero-order valence-corrected chi connectivity index (χ0v) is 59.5. The molecule has 10 heteroatoms. The highest BCUT2D eigenvalue weighted by Gasteiger charge is 2.44. The molecule has 2 fully saturated rings. The first kappa shape index (κ1) is 67.9. The van der Waals surface area contributed by atoms with Gasteiger partial charge in [0, 0.05) is 106 Å². The van der Waals surface area contributed by atoms with Crippen molar-refractivity contribution in [1.29, 1.82) is 0 Å². The molecule has 0 radical (unpaired) electrons. The fraction of sp³-hybridized carbons (Fsp3) is 0.412.